The van der Waals surface area contributed by atoms with Crippen LogP contribution in [0.25, 0.3) is 11.9 Å². The third kappa shape index (κ3) is 2.09. The van der Waals surface area contributed by atoms with Crippen molar-refractivity contribution < 1.29 is 0 Å². The summed E-state index contributed by atoms with van der Waals surface area (Å²) in [5.74, 6) is 2.70. The molecule has 3 heterocycles. The highest BCUT2D eigenvalue weighted by Gasteiger charge is 2.12. The monoisotopic (exact) mass is 271 g/mol. The van der Waals surface area contributed by atoms with Crippen molar-refractivity contribution in [2.45, 2.75) is 13.8 Å². The molecule has 0 fully saturated rings. The molecule has 9 nitrogen and oxygen atoms in total. The molecule has 3 rings (SSSR count). The summed E-state index contributed by atoms with van der Waals surface area (Å²) >= 11 is 0. The molecule has 3 aromatic heterocycles. The predicted molar refractivity (Wildman–Crippen MR) is 70.9 cm³/mol. The molecule has 102 valence electrons. The van der Waals surface area contributed by atoms with E-state index in [4.69, 9.17) is 0 Å². The summed E-state index contributed by atoms with van der Waals surface area (Å²) < 4.78 is 3.28. The number of nitrogens with zero attached hydrogens (tertiary/aromatic N) is 8. The summed E-state index contributed by atoms with van der Waals surface area (Å²) in [6.45, 7) is 3.67. The second-order valence-electron chi connectivity index (χ2n) is 4.10. The first kappa shape index (κ1) is 12.2. The number of aromatic nitrogens is 8. The van der Waals surface area contributed by atoms with Crippen LogP contribution in [0, 0.1) is 13.8 Å². The molecule has 0 spiro atoms. The molecule has 0 saturated carbocycles. The molecular weight excluding hydrogens is 258 g/mol. The first-order chi connectivity index (χ1) is 9.67. The van der Waals surface area contributed by atoms with Crippen LogP contribution >= 0.6 is 0 Å². The fraction of sp³-hybridized carbons (Fsp3) is 0.273. The smallest absolute Gasteiger partial charge is 0.258 e. The molecular formula is C11H13N9. The number of nitrogens with one attached hydrogen (secondary N) is 1. The van der Waals surface area contributed by atoms with Gasteiger partial charge < -0.3 is 5.32 Å². The van der Waals surface area contributed by atoms with Gasteiger partial charge in [-0.25, -0.2) is 9.97 Å². The average Bonchev–Trinajstić information content (AvgIpc) is 3.08. The fourth-order valence-corrected chi connectivity index (χ4v) is 1.76. The quantitative estimate of drug-likeness (QED) is 0.731. The maximum atomic E-state index is 4.39. The van der Waals surface area contributed by atoms with E-state index < -0.39 is 0 Å². The van der Waals surface area contributed by atoms with Crippen LogP contribution in [0.5, 0.6) is 0 Å². The topological polar surface area (TPSA) is 99.2 Å². The van der Waals surface area contributed by atoms with Crippen LogP contribution in [0.15, 0.2) is 18.7 Å². The molecule has 0 atom stereocenters. The number of aryl methyl sites for hydroxylation is 2. The first-order valence-corrected chi connectivity index (χ1v) is 6.00. The summed E-state index contributed by atoms with van der Waals surface area (Å²) in [4.78, 5) is 21.2. The lowest BCUT2D eigenvalue weighted by atomic mass is 10.7. The van der Waals surface area contributed by atoms with E-state index in [1.54, 1.807) is 35.0 Å². The van der Waals surface area contributed by atoms with Gasteiger partial charge in [0.05, 0.1) is 0 Å². The van der Waals surface area contributed by atoms with Crippen LogP contribution in [0.2, 0.25) is 0 Å². The molecule has 3 aromatic rings. The molecule has 0 aliphatic heterocycles. The molecule has 20 heavy (non-hydrogen) atoms. The van der Waals surface area contributed by atoms with Gasteiger partial charge in [-0.3, -0.25) is 4.57 Å². The highest BCUT2D eigenvalue weighted by Crippen LogP contribution is 2.10. The van der Waals surface area contributed by atoms with Crippen molar-refractivity contribution in [3.05, 3.63) is 30.4 Å². The summed E-state index contributed by atoms with van der Waals surface area (Å²) in [6.07, 6.45) is 5.05. The molecule has 0 amide bonds. The zero-order valence-corrected chi connectivity index (χ0v) is 11.3. The Morgan fingerprint density at radius 1 is 1.05 bits per heavy atom. The van der Waals surface area contributed by atoms with Crippen molar-refractivity contribution in [2.24, 2.45) is 0 Å². The summed E-state index contributed by atoms with van der Waals surface area (Å²) in [6, 6.07) is 0. The highest BCUT2D eigenvalue weighted by molar-refractivity contribution is 5.32. The van der Waals surface area contributed by atoms with E-state index in [1.165, 1.54) is 0 Å². The van der Waals surface area contributed by atoms with Crippen LogP contribution in [-0.2, 0) is 0 Å². The second-order valence-corrected chi connectivity index (χ2v) is 4.10. The molecule has 1 N–H and O–H groups in total. The lowest BCUT2D eigenvalue weighted by molar-refractivity contribution is 0.749. The van der Waals surface area contributed by atoms with Gasteiger partial charge in [0.25, 0.3) is 5.95 Å². The van der Waals surface area contributed by atoms with Gasteiger partial charge in [0.15, 0.2) is 0 Å². The van der Waals surface area contributed by atoms with Gasteiger partial charge in [-0.1, -0.05) is 0 Å². The van der Waals surface area contributed by atoms with Crippen molar-refractivity contribution in [3.63, 3.8) is 0 Å². The normalized spacial score (nSPS) is 10.8. The minimum Gasteiger partial charge on any atom is -0.357 e. The Kier molecular flexibility index (Phi) is 2.86. The van der Waals surface area contributed by atoms with E-state index in [2.05, 4.69) is 35.3 Å². The SMILES string of the molecule is CNc1nc(-n2ccnc2)nc(-n2nc(C)nc2C)n1. The molecule has 0 bridgehead atoms. The Labute approximate surface area is 114 Å². The summed E-state index contributed by atoms with van der Waals surface area (Å²) in [7, 11) is 1.75. The Morgan fingerprint density at radius 3 is 2.45 bits per heavy atom. The average molecular weight is 271 g/mol. The van der Waals surface area contributed by atoms with Gasteiger partial charge in [-0.15, -0.1) is 5.10 Å². The lowest BCUT2D eigenvalue weighted by Gasteiger charge is -2.07. The van der Waals surface area contributed by atoms with Crippen LogP contribution in [0.4, 0.5) is 5.95 Å². The minimum atomic E-state index is 0.408. The Hall–Kier alpha value is -2.84. The maximum absolute atomic E-state index is 4.39. The summed E-state index contributed by atoms with van der Waals surface area (Å²) in [5, 5.41) is 7.19. The van der Waals surface area contributed by atoms with Crippen molar-refractivity contribution in [1.82, 2.24) is 39.3 Å². The molecule has 0 radical (unpaired) electrons. The van der Waals surface area contributed by atoms with E-state index in [0.29, 0.717) is 29.5 Å². The fourth-order valence-electron chi connectivity index (χ4n) is 1.76. The van der Waals surface area contributed by atoms with Crippen LogP contribution in [0.3, 0.4) is 0 Å². The molecule has 0 aliphatic carbocycles. The molecule has 0 aromatic carbocycles. The number of hydrogen-bond donors (Lipinski definition) is 1. The van der Waals surface area contributed by atoms with Crippen LogP contribution in [0.1, 0.15) is 11.6 Å². The maximum Gasteiger partial charge on any atom is 0.258 e. The number of rotatable bonds is 3. The lowest BCUT2D eigenvalue weighted by Crippen LogP contribution is -2.12. The van der Waals surface area contributed by atoms with Crippen molar-refractivity contribution in [1.29, 1.82) is 0 Å². The molecule has 9 heteroatoms. The molecule has 0 unspecified atom stereocenters. The first-order valence-electron chi connectivity index (χ1n) is 6.00. The third-order valence-electron chi connectivity index (χ3n) is 2.64. The van der Waals surface area contributed by atoms with Crippen LogP contribution < -0.4 is 5.32 Å². The number of anilines is 1. The largest absolute Gasteiger partial charge is 0.357 e. The van der Waals surface area contributed by atoms with Gasteiger partial charge in [0.1, 0.15) is 18.0 Å². The van der Waals surface area contributed by atoms with Gasteiger partial charge in [0, 0.05) is 19.4 Å². The predicted octanol–water partition coefficient (Wildman–Crippen LogP) is 0.297. The molecule has 0 saturated heterocycles. The second kappa shape index (κ2) is 4.68. The third-order valence-corrected chi connectivity index (χ3v) is 2.64. The van der Waals surface area contributed by atoms with Gasteiger partial charge >= 0.3 is 0 Å². The standard InChI is InChI=1S/C11H13N9/c1-7-14-8(2)20(18-7)11-16-9(12-3)15-10(17-11)19-5-4-13-6-19/h4-6H,1-3H3,(H,12,15,16,17). The Balaban J connectivity index is 2.16. The van der Waals surface area contributed by atoms with Crippen molar-refractivity contribution >= 4 is 5.95 Å². The zero-order chi connectivity index (χ0) is 14.1. The van der Waals surface area contributed by atoms with Crippen molar-refractivity contribution in [3.8, 4) is 11.9 Å². The van der Waals surface area contributed by atoms with Gasteiger partial charge in [-0.05, 0) is 13.8 Å². The van der Waals surface area contributed by atoms with E-state index >= 15 is 0 Å². The Bertz CT molecular complexity index is 728. The van der Waals surface area contributed by atoms with Gasteiger partial charge in [-0.2, -0.15) is 19.6 Å². The van der Waals surface area contributed by atoms with E-state index in [1.807, 2.05) is 13.8 Å². The van der Waals surface area contributed by atoms with Crippen LogP contribution in [-0.4, -0.2) is 46.3 Å². The van der Waals surface area contributed by atoms with E-state index in [0.717, 1.165) is 0 Å². The van der Waals surface area contributed by atoms with E-state index in [-0.39, 0.29) is 0 Å². The van der Waals surface area contributed by atoms with Gasteiger partial charge in [0.2, 0.25) is 11.9 Å². The zero-order valence-electron chi connectivity index (χ0n) is 11.3. The van der Waals surface area contributed by atoms with Crippen molar-refractivity contribution in [2.75, 3.05) is 12.4 Å². The minimum absolute atomic E-state index is 0.408. The molecule has 0 aliphatic rings. The highest BCUT2D eigenvalue weighted by atomic mass is 15.4. The number of imidazole rings is 1. The Morgan fingerprint density at radius 2 is 1.85 bits per heavy atom. The summed E-state index contributed by atoms with van der Waals surface area (Å²) in [5.41, 5.74) is 0. The number of hydrogen-bond acceptors (Lipinski definition) is 7. The van der Waals surface area contributed by atoms with E-state index in [9.17, 15) is 0 Å².